The predicted octanol–water partition coefficient (Wildman–Crippen LogP) is 5.41. The molecule has 1 fully saturated rings. The Morgan fingerprint density at radius 1 is 1.08 bits per heavy atom. The monoisotopic (exact) mass is 507 g/mol. The number of anilines is 1. The molecule has 0 N–H and O–H groups in total. The summed E-state index contributed by atoms with van der Waals surface area (Å²) in [4.78, 5) is 37.5. The molecule has 1 amide bonds. The van der Waals surface area contributed by atoms with Crippen LogP contribution in [0.5, 0.6) is 0 Å². The Morgan fingerprint density at radius 3 is 2.36 bits per heavy atom. The number of amides is 1. The molecule has 1 saturated heterocycles. The molecule has 188 valence electrons. The molecular weight excluding hydrogens is 478 g/mol. The van der Waals surface area contributed by atoms with Crippen molar-refractivity contribution in [3.8, 4) is 0 Å². The highest BCUT2D eigenvalue weighted by molar-refractivity contribution is 6.33. The molecule has 2 heterocycles. The number of piperazine rings is 1. The average Bonchev–Trinajstić information content (AvgIpc) is 2.89. The van der Waals surface area contributed by atoms with E-state index in [0.717, 1.165) is 34.9 Å². The van der Waals surface area contributed by atoms with Gasteiger partial charge in [-0.25, -0.2) is 9.97 Å². The number of halogens is 1. The molecule has 9 heteroatoms. The number of rotatable bonds is 7. The number of non-ortho nitro benzene ring substituents is 1. The van der Waals surface area contributed by atoms with E-state index in [-0.39, 0.29) is 17.5 Å². The van der Waals surface area contributed by atoms with Crippen LogP contribution < -0.4 is 4.90 Å². The van der Waals surface area contributed by atoms with Crippen molar-refractivity contribution in [3.63, 3.8) is 0 Å². The number of hydrogen-bond donors (Lipinski definition) is 0. The van der Waals surface area contributed by atoms with E-state index in [0.29, 0.717) is 43.2 Å². The van der Waals surface area contributed by atoms with Crippen molar-refractivity contribution in [2.45, 2.75) is 39.5 Å². The SMILES string of the molecule is CC[C@@H](C)c1nc(C)c(Cc2ccc([N+](=O)[O-])cc2)c(N2CCN(C(=O)c3ccccc3Cl)CC2)n1. The second-order valence-electron chi connectivity index (χ2n) is 9.14. The van der Waals surface area contributed by atoms with Crippen molar-refractivity contribution in [1.82, 2.24) is 14.9 Å². The number of benzene rings is 2. The van der Waals surface area contributed by atoms with E-state index in [1.165, 1.54) is 12.1 Å². The summed E-state index contributed by atoms with van der Waals surface area (Å²) < 4.78 is 0. The first-order valence-electron chi connectivity index (χ1n) is 12.2. The van der Waals surface area contributed by atoms with Crippen molar-refractivity contribution in [2.75, 3.05) is 31.1 Å². The lowest BCUT2D eigenvalue weighted by Crippen LogP contribution is -2.49. The fourth-order valence-corrected chi connectivity index (χ4v) is 4.56. The molecule has 0 unspecified atom stereocenters. The number of carbonyl (C=O) groups is 1. The van der Waals surface area contributed by atoms with Crippen molar-refractivity contribution in [1.29, 1.82) is 0 Å². The summed E-state index contributed by atoms with van der Waals surface area (Å²) in [7, 11) is 0. The number of aromatic nitrogens is 2. The Balaban J connectivity index is 1.59. The smallest absolute Gasteiger partial charge is 0.269 e. The topological polar surface area (TPSA) is 92.5 Å². The maximum Gasteiger partial charge on any atom is 0.269 e. The quantitative estimate of drug-likeness (QED) is 0.313. The van der Waals surface area contributed by atoms with Gasteiger partial charge in [0.25, 0.3) is 11.6 Å². The molecule has 0 radical (unpaired) electrons. The summed E-state index contributed by atoms with van der Waals surface area (Å²) in [6, 6.07) is 13.7. The van der Waals surface area contributed by atoms with Gasteiger partial charge in [0.2, 0.25) is 0 Å². The second-order valence-corrected chi connectivity index (χ2v) is 9.55. The normalized spacial score (nSPS) is 14.6. The molecule has 0 aliphatic carbocycles. The van der Waals surface area contributed by atoms with Crippen molar-refractivity contribution >= 4 is 29.0 Å². The van der Waals surface area contributed by atoms with Crippen LogP contribution in [-0.4, -0.2) is 51.9 Å². The number of nitro groups is 1. The summed E-state index contributed by atoms with van der Waals surface area (Å²) in [5.74, 6) is 1.84. The first kappa shape index (κ1) is 25.6. The number of hydrogen-bond acceptors (Lipinski definition) is 6. The van der Waals surface area contributed by atoms with Gasteiger partial charge in [-0.1, -0.05) is 49.7 Å². The molecule has 0 bridgehead atoms. The molecule has 1 atom stereocenters. The summed E-state index contributed by atoms with van der Waals surface area (Å²) in [6.07, 6.45) is 1.50. The lowest BCUT2D eigenvalue weighted by atomic mass is 10.0. The van der Waals surface area contributed by atoms with E-state index >= 15 is 0 Å². The minimum atomic E-state index is -0.395. The lowest BCUT2D eigenvalue weighted by Gasteiger charge is -2.37. The van der Waals surface area contributed by atoms with E-state index in [2.05, 4.69) is 18.7 Å². The van der Waals surface area contributed by atoms with Gasteiger partial charge in [-0.15, -0.1) is 0 Å². The first-order valence-corrected chi connectivity index (χ1v) is 12.6. The van der Waals surface area contributed by atoms with Gasteiger partial charge in [0, 0.05) is 61.9 Å². The highest BCUT2D eigenvalue weighted by Gasteiger charge is 2.27. The van der Waals surface area contributed by atoms with Crippen LogP contribution in [-0.2, 0) is 6.42 Å². The van der Waals surface area contributed by atoms with E-state index in [1.54, 1.807) is 24.3 Å². The van der Waals surface area contributed by atoms with Gasteiger partial charge in [0.05, 0.1) is 15.5 Å². The Morgan fingerprint density at radius 2 is 1.75 bits per heavy atom. The molecule has 1 aromatic heterocycles. The summed E-state index contributed by atoms with van der Waals surface area (Å²) in [5, 5.41) is 11.5. The van der Waals surface area contributed by atoms with E-state index in [9.17, 15) is 14.9 Å². The van der Waals surface area contributed by atoms with Gasteiger partial charge in [0.15, 0.2) is 0 Å². The fourth-order valence-electron chi connectivity index (χ4n) is 4.34. The van der Waals surface area contributed by atoms with Gasteiger partial charge < -0.3 is 9.80 Å². The summed E-state index contributed by atoms with van der Waals surface area (Å²) >= 11 is 6.25. The molecule has 3 aromatic rings. The third-order valence-corrected chi connectivity index (χ3v) is 7.09. The standard InChI is InChI=1S/C27H30ClN5O3/c1-4-18(2)25-29-19(3)23(17-20-9-11-21(12-10-20)33(35)36)26(30-25)31-13-15-32(16-14-31)27(34)22-7-5-6-8-24(22)28/h5-12,18H,4,13-17H2,1-3H3/t18-/m1/s1. The molecule has 0 saturated carbocycles. The van der Waals surface area contributed by atoms with Gasteiger partial charge in [-0.05, 0) is 31.0 Å². The Hall–Kier alpha value is -3.52. The largest absolute Gasteiger partial charge is 0.353 e. The molecule has 36 heavy (non-hydrogen) atoms. The van der Waals surface area contributed by atoms with Gasteiger partial charge in [-0.3, -0.25) is 14.9 Å². The number of carbonyl (C=O) groups excluding carboxylic acids is 1. The van der Waals surface area contributed by atoms with Crippen molar-refractivity contribution in [3.05, 3.63) is 91.9 Å². The first-order chi connectivity index (χ1) is 17.3. The Bertz CT molecular complexity index is 1260. The third-order valence-electron chi connectivity index (χ3n) is 6.76. The molecule has 2 aromatic carbocycles. The van der Waals surface area contributed by atoms with Crippen molar-refractivity contribution in [2.24, 2.45) is 0 Å². The minimum absolute atomic E-state index is 0.0643. The lowest BCUT2D eigenvalue weighted by molar-refractivity contribution is -0.384. The van der Waals surface area contributed by atoms with Gasteiger partial charge in [-0.2, -0.15) is 0 Å². The van der Waals surface area contributed by atoms with Crippen LogP contribution in [0.25, 0.3) is 0 Å². The van der Waals surface area contributed by atoms with E-state index in [4.69, 9.17) is 21.6 Å². The zero-order chi connectivity index (χ0) is 25.8. The third kappa shape index (κ3) is 5.49. The summed E-state index contributed by atoms with van der Waals surface area (Å²) in [5.41, 5.74) is 3.45. The van der Waals surface area contributed by atoms with Gasteiger partial charge in [0.1, 0.15) is 11.6 Å². The molecule has 1 aliphatic rings. The van der Waals surface area contributed by atoms with E-state index in [1.807, 2.05) is 24.0 Å². The maximum absolute atomic E-state index is 13.0. The number of nitrogens with zero attached hydrogens (tertiary/aromatic N) is 5. The zero-order valence-corrected chi connectivity index (χ0v) is 21.5. The molecule has 1 aliphatic heterocycles. The van der Waals surface area contributed by atoms with Crippen LogP contribution in [0.4, 0.5) is 11.5 Å². The summed E-state index contributed by atoms with van der Waals surface area (Å²) in [6.45, 7) is 8.63. The maximum atomic E-state index is 13.0. The number of nitro benzene ring substituents is 1. The average molecular weight is 508 g/mol. The number of aryl methyl sites for hydroxylation is 1. The predicted molar refractivity (Wildman–Crippen MR) is 141 cm³/mol. The van der Waals surface area contributed by atoms with Gasteiger partial charge >= 0.3 is 0 Å². The molecule has 8 nitrogen and oxygen atoms in total. The Kier molecular flexibility index (Phi) is 7.84. The van der Waals surface area contributed by atoms with Crippen molar-refractivity contribution < 1.29 is 9.72 Å². The fraction of sp³-hybridized carbons (Fsp3) is 0.370. The second kappa shape index (κ2) is 11.0. The van der Waals surface area contributed by atoms with Crippen LogP contribution in [0.15, 0.2) is 48.5 Å². The minimum Gasteiger partial charge on any atom is -0.353 e. The molecule has 0 spiro atoms. The highest BCUT2D eigenvalue weighted by Crippen LogP contribution is 2.29. The van der Waals surface area contributed by atoms with E-state index < -0.39 is 4.92 Å². The Labute approximate surface area is 216 Å². The van der Waals surface area contributed by atoms with Crippen LogP contribution in [0.2, 0.25) is 5.02 Å². The molecule has 4 rings (SSSR count). The highest BCUT2D eigenvalue weighted by atomic mass is 35.5. The van der Waals surface area contributed by atoms with Crippen LogP contribution in [0, 0.1) is 17.0 Å². The zero-order valence-electron chi connectivity index (χ0n) is 20.8. The van der Waals surface area contributed by atoms with Crippen LogP contribution in [0.1, 0.15) is 59.2 Å². The van der Waals surface area contributed by atoms with Crippen LogP contribution in [0.3, 0.4) is 0 Å². The molecular formula is C27H30ClN5O3. The van der Waals surface area contributed by atoms with Crippen LogP contribution >= 0.6 is 11.6 Å².